The molecule has 0 unspecified atom stereocenters. The lowest BCUT2D eigenvalue weighted by atomic mass is 9.75. The Kier molecular flexibility index (Phi) is 6.94. The monoisotopic (exact) mass is 486 g/mol. The molecule has 0 aliphatic heterocycles. The molecule has 1 aliphatic rings. The molecule has 6 nitrogen and oxygen atoms in total. The van der Waals surface area contributed by atoms with Crippen LogP contribution in [0, 0.1) is 18.7 Å². The first-order valence-electron chi connectivity index (χ1n) is 11.6. The van der Waals surface area contributed by atoms with Crippen LogP contribution in [0.3, 0.4) is 0 Å². The molecular weight excluding hydrogens is 455 g/mol. The summed E-state index contributed by atoms with van der Waals surface area (Å²) in [6.45, 7) is 5.20. The average molecular weight is 487 g/mol. The fourth-order valence-electron chi connectivity index (χ4n) is 4.85. The van der Waals surface area contributed by atoms with Crippen LogP contribution in [0.1, 0.15) is 50.7 Å². The molecule has 0 saturated heterocycles. The number of rotatable bonds is 7. The highest BCUT2D eigenvalue weighted by atomic mass is 32.2. The van der Waals surface area contributed by atoms with Gasteiger partial charge in [-0.15, -0.1) is 0 Å². The molecule has 4 rings (SSSR count). The van der Waals surface area contributed by atoms with Crippen molar-refractivity contribution in [2.45, 2.75) is 69.5 Å². The number of aryl methyl sites for hydroxylation is 1. The molecule has 8 heteroatoms. The number of hydrogen-bond acceptors (Lipinski definition) is 5. The van der Waals surface area contributed by atoms with E-state index in [2.05, 4.69) is 4.98 Å². The van der Waals surface area contributed by atoms with Crippen LogP contribution in [0.2, 0.25) is 0 Å². The lowest BCUT2D eigenvalue weighted by Crippen LogP contribution is -2.52. The summed E-state index contributed by atoms with van der Waals surface area (Å²) >= 11 is 0. The maximum absolute atomic E-state index is 15.2. The Labute approximate surface area is 200 Å². The van der Waals surface area contributed by atoms with Crippen molar-refractivity contribution in [3.63, 3.8) is 0 Å². The summed E-state index contributed by atoms with van der Waals surface area (Å²) in [6.07, 6.45) is 5.98. The summed E-state index contributed by atoms with van der Waals surface area (Å²) in [7, 11) is -3.95. The number of hydrogen-bond donors (Lipinski definition) is 1. The normalized spacial score (nSPS) is 19.5. The van der Waals surface area contributed by atoms with Crippen LogP contribution in [0.5, 0.6) is 0 Å². The van der Waals surface area contributed by atoms with Crippen molar-refractivity contribution in [2.24, 2.45) is 5.92 Å². The molecule has 182 valence electrons. The predicted octanol–water partition coefficient (Wildman–Crippen LogP) is 5.31. The summed E-state index contributed by atoms with van der Waals surface area (Å²) < 4.78 is 49.6. The SMILES string of the molecule is Cc1ccc(S(=O)(=O)N(Cc2ccc(-c3ncco3)cc2F)[C@@H]2CCCC[C@H]2C(C)(C)O)cc1. The van der Waals surface area contributed by atoms with E-state index in [1.807, 2.05) is 6.92 Å². The van der Waals surface area contributed by atoms with E-state index in [1.54, 1.807) is 50.2 Å². The number of halogens is 1. The van der Waals surface area contributed by atoms with Crippen molar-refractivity contribution in [2.75, 3.05) is 0 Å². The summed E-state index contributed by atoms with van der Waals surface area (Å²) in [4.78, 5) is 4.21. The molecule has 2 atom stereocenters. The van der Waals surface area contributed by atoms with Crippen LogP contribution in [0.25, 0.3) is 11.5 Å². The van der Waals surface area contributed by atoms with Crippen LogP contribution in [0.15, 0.2) is 64.2 Å². The smallest absolute Gasteiger partial charge is 0.243 e. The fourth-order valence-corrected chi connectivity index (χ4v) is 6.52. The number of sulfonamides is 1. The van der Waals surface area contributed by atoms with Crippen molar-refractivity contribution in [3.8, 4) is 11.5 Å². The Bertz CT molecular complexity index is 1220. The van der Waals surface area contributed by atoms with Gasteiger partial charge in [-0.1, -0.05) is 36.6 Å². The number of aliphatic hydroxyl groups is 1. The van der Waals surface area contributed by atoms with E-state index in [1.165, 1.54) is 22.8 Å². The third-order valence-corrected chi connectivity index (χ3v) is 8.58. The zero-order valence-corrected chi connectivity index (χ0v) is 20.6. The highest BCUT2D eigenvalue weighted by molar-refractivity contribution is 7.89. The lowest BCUT2D eigenvalue weighted by Gasteiger charge is -2.44. The molecule has 1 saturated carbocycles. The van der Waals surface area contributed by atoms with Gasteiger partial charge in [-0.25, -0.2) is 17.8 Å². The van der Waals surface area contributed by atoms with Crippen LogP contribution in [-0.4, -0.2) is 34.5 Å². The van der Waals surface area contributed by atoms with E-state index >= 15 is 4.39 Å². The highest BCUT2D eigenvalue weighted by Gasteiger charge is 2.43. The molecule has 0 bridgehead atoms. The topological polar surface area (TPSA) is 83.6 Å². The first-order chi connectivity index (χ1) is 16.1. The van der Waals surface area contributed by atoms with Gasteiger partial charge < -0.3 is 9.52 Å². The second-order valence-electron chi connectivity index (χ2n) is 9.62. The predicted molar refractivity (Wildman–Crippen MR) is 128 cm³/mol. The minimum Gasteiger partial charge on any atom is -0.445 e. The van der Waals surface area contributed by atoms with Crippen LogP contribution >= 0.6 is 0 Å². The molecule has 2 aromatic carbocycles. The van der Waals surface area contributed by atoms with Crippen LogP contribution in [0.4, 0.5) is 4.39 Å². The largest absolute Gasteiger partial charge is 0.445 e. The Balaban J connectivity index is 1.76. The molecule has 1 aromatic heterocycles. The van der Waals surface area contributed by atoms with Crippen molar-refractivity contribution in [1.29, 1.82) is 0 Å². The van der Waals surface area contributed by atoms with E-state index in [0.717, 1.165) is 18.4 Å². The molecule has 3 aromatic rings. The number of benzene rings is 2. The maximum atomic E-state index is 15.2. The van der Waals surface area contributed by atoms with Gasteiger partial charge in [0.15, 0.2) is 0 Å². The number of oxazole rings is 1. The number of nitrogens with zero attached hydrogens (tertiary/aromatic N) is 2. The second-order valence-corrected chi connectivity index (χ2v) is 11.5. The van der Waals surface area contributed by atoms with Gasteiger partial charge in [-0.3, -0.25) is 0 Å². The number of aromatic nitrogens is 1. The maximum Gasteiger partial charge on any atom is 0.243 e. The summed E-state index contributed by atoms with van der Waals surface area (Å²) in [5.41, 5.74) is 0.613. The molecule has 34 heavy (non-hydrogen) atoms. The summed E-state index contributed by atoms with van der Waals surface area (Å²) in [5.74, 6) is -0.504. The molecule has 0 amide bonds. The third kappa shape index (κ3) is 5.09. The summed E-state index contributed by atoms with van der Waals surface area (Å²) in [5, 5.41) is 10.9. The molecule has 1 heterocycles. The Morgan fingerprint density at radius 3 is 2.47 bits per heavy atom. The Morgan fingerprint density at radius 2 is 1.85 bits per heavy atom. The van der Waals surface area contributed by atoms with E-state index < -0.39 is 27.5 Å². The fraction of sp³-hybridized carbons (Fsp3) is 0.423. The van der Waals surface area contributed by atoms with Gasteiger partial charge in [0, 0.05) is 29.6 Å². The molecule has 0 spiro atoms. The first kappa shape index (κ1) is 24.6. The average Bonchev–Trinajstić information content (AvgIpc) is 3.33. The van der Waals surface area contributed by atoms with Crippen LogP contribution in [-0.2, 0) is 16.6 Å². The van der Waals surface area contributed by atoms with Gasteiger partial charge in [-0.05, 0) is 57.9 Å². The van der Waals surface area contributed by atoms with Gasteiger partial charge in [0.05, 0.1) is 16.7 Å². The Morgan fingerprint density at radius 1 is 1.15 bits per heavy atom. The zero-order chi connectivity index (χ0) is 24.5. The Hall–Kier alpha value is -2.55. The van der Waals surface area contributed by atoms with Crippen molar-refractivity contribution in [3.05, 3.63) is 71.9 Å². The second kappa shape index (κ2) is 9.60. The molecule has 1 aliphatic carbocycles. The van der Waals surface area contributed by atoms with Gasteiger partial charge in [0.1, 0.15) is 12.1 Å². The molecular formula is C26H31FN2O4S. The van der Waals surface area contributed by atoms with E-state index in [-0.39, 0.29) is 22.9 Å². The standard InChI is InChI=1S/C26H31FN2O4S/c1-18-8-12-21(13-9-18)34(31,32)29(24-7-5-4-6-22(24)26(2,3)30)17-20-11-10-19(16-23(20)27)25-28-14-15-33-25/h8-16,22,24,30H,4-7,17H2,1-3H3/t22-,24-/m1/s1. The molecule has 1 N–H and O–H groups in total. The minimum absolute atomic E-state index is 0.134. The van der Waals surface area contributed by atoms with Crippen LogP contribution < -0.4 is 0 Å². The van der Waals surface area contributed by atoms with Gasteiger partial charge in [0.25, 0.3) is 0 Å². The molecule has 0 radical (unpaired) electrons. The van der Waals surface area contributed by atoms with E-state index in [9.17, 15) is 13.5 Å². The first-order valence-corrected chi connectivity index (χ1v) is 13.0. The lowest BCUT2D eigenvalue weighted by molar-refractivity contribution is -0.0312. The molecule has 1 fully saturated rings. The zero-order valence-electron chi connectivity index (χ0n) is 19.7. The van der Waals surface area contributed by atoms with Crippen molar-refractivity contribution < 1.29 is 22.3 Å². The van der Waals surface area contributed by atoms with Gasteiger partial charge in [-0.2, -0.15) is 4.31 Å². The van der Waals surface area contributed by atoms with Gasteiger partial charge >= 0.3 is 0 Å². The highest BCUT2D eigenvalue weighted by Crippen LogP contribution is 2.39. The van der Waals surface area contributed by atoms with Crippen molar-refractivity contribution in [1.82, 2.24) is 9.29 Å². The van der Waals surface area contributed by atoms with E-state index in [0.29, 0.717) is 24.3 Å². The van der Waals surface area contributed by atoms with Crippen molar-refractivity contribution >= 4 is 10.0 Å². The van der Waals surface area contributed by atoms with E-state index in [4.69, 9.17) is 4.42 Å². The summed E-state index contributed by atoms with van der Waals surface area (Å²) in [6, 6.07) is 10.8. The quantitative estimate of drug-likeness (QED) is 0.489. The van der Waals surface area contributed by atoms with Gasteiger partial charge in [0.2, 0.25) is 15.9 Å². The third-order valence-electron chi connectivity index (χ3n) is 6.69. The minimum atomic E-state index is -3.95.